The van der Waals surface area contributed by atoms with Crippen LogP contribution in [-0.2, 0) is 0 Å². The summed E-state index contributed by atoms with van der Waals surface area (Å²) in [5.41, 5.74) is 0. The molecule has 13 heavy (non-hydrogen) atoms. The summed E-state index contributed by atoms with van der Waals surface area (Å²) in [7, 11) is 0. The largest absolute Gasteiger partial charge is 0.294 e. The van der Waals surface area contributed by atoms with Gasteiger partial charge in [0.2, 0.25) is 0 Å². The summed E-state index contributed by atoms with van der Waals surface area (Å²) in [5.74, 6) is 0. The highest BCUT2D eigenvalue weighted by Gasteiger charge is 2.36. The Morgan fingerprint density at radius 2 is 1.38 bits per heavy atom. The van der Waals surface area contributed by atoms with Gasteiger partial charge in [-0.25, -0.2) is 8.78 Å². The molecule has 1 nitrogen and oxygen atoms in total. The van der Waals surface area contributed by atoms with Crippen molar-refractivity contribution in [2.75, 3.05) is 13.1 Å². The molecule has 0 amide bonds. The number of hydrogen-bond donors (Lipinski definition) is 0. The Hall–Kier alpha value is -0.180. The van der Waals surface area contributed by atoms with Crippen LogP contribution >= 0.6 is 0 Å². The lowest BCUT2D eigenvalue weighted by Crippen LogP contribution is -2.35. The monoisotopic (exact) mass is 189 g/mol. The quantitative estimate of drug-likeness (QED) is 0.612. The number of likely N-dealkylation sites (tertiary alicyclic amines) is 1. The zero-order chi connectivity index (χ0) is 9.26. The van der Waals surface area contributed by atoms with Crippen LogP contribution in [0, 0.1) is 0 Å². The number of hydrogen-bond acceptors (Lipinski definition) is 1. The van der Waals surface area contributed by atoms with Crippen LogP contribution in [0.1, 0.15) is 32.1 Å². The summed E-state index contributed by atoms with van der Waals surface area (Å²) < 4.78 is 25.8. The smallest absolute Gasteiger partial charge is 0.145 e. The van der Waals surface area contributed by atoms with Crippen molar-refractivity contribution in [2.45, 2.75) is 50.5 Å². The minimum atomic E-state index is -1.23. The molecule has 2 rings (SSSR count). The second-order valence-corrected chi connectivity index (χ2v) is 4.28. The summed E-state index contributed by atoms with van der Waals surface area (Å²) in [4.78, 5) is 2.01. The predicted octanol–water partition coefficient (Wildman–Crippen LogP) is 2.31. The average Bonchev–Trinajstić information content (AvgIpc) is 2.49. The number of rotatable bonds is 1. The first kappa shape index (κ1) is 9.38. The molecule has 1 heterocycles. The third kappa shape index (κ3) is 2.01. The van der Waals surface area contributed by atoms with Gasteiger partial charge in [0.1, 0.15) is 12.3 Å². The maximum absolute atomic E-state index is 12.9. The zero-order valence-corrected chi connectivity index (χ0v) is 7.88. The van der Waals surface area contributed by atoms with Gasteiger partial charge in [0.15, 0.2) is 0 Å². The van der Waals surface area contributed by atoms with Crippen LogP contribution in [0.3, 0.4) is 0 Å². The third-order valence-electron chi connectivity index (χ3n) is 3.30. The van der Waals surface area contributed by atoms with Gasteiger partial charge in [0.05, 0.1) is 0 Å². The Kier molecular flexibility index (Phi) is 2.82. The fraction of sp³-hybridized carbons (Fsp3) is 1.00. The van der Waals surface area contributed by atoms with Crippen LogP contribution < -0.4 is 0 Å². The topological polar surface area (TPSA) is 3.24 Å². The number of nitrogens with zero attached hydrogens (tertiary/aromatic N) is 1. The van der Waals surface area contributed by atoms with E-state index in [1.54, 1.807) is 0 Å². The molecule has 3 heteroatoms. The second-order valence-electron chi connectivity index (χ2n) is 4.28. The number of alkyl halides is 2. The molecule has 1 aliphatic carbocycles. The molecular formula is C10H17F2N. The molecule has 0 radical (unpaired) electrons. The lowest BCUT2D eigenvalue weighted by Gasteiger charge is -2.30. The molecule has 1 saturated heterocycles. The lowest BCUT2D eigenvalue weighted by molar-refractivity contribution is 0.176. The van der Waals surface area contributed by atoms with E-state index in [9.17, 15) is 8.78 Å². The molecule has 0 aromatic heterocycles. The van der Waals surface area contributed by atoms with Gasteiger partial charge < -0.3 is 0 Å². The van der Waals surface area contributed by atoms with Gasteiger partial charge in [-0.15, -0.1) is 0 Å². The van der Waals surface area contributed by atoms with Crippen molar-refractivity contribution in [3.8, 4) is 0 Å². The zero-order valence-electron chi connectivity index (χ0n) is 7.88. The highest BCUT2D eigenvalue weighted by atomic mass is 19.2. The molecule has 0 aromatic carbocycles. The minimum Gasteiger partial charge on any atom is -0.294 e. The van der Waals surface area contributed by atoms with Crippen molar-refractivity contribution in [3.63, 3.8) is 0 Å². The summed E-state index contributed by atoms with van der Waals surface area (Å²) >= 11 is 0. The van der Waals surface area contributed by atoms with Crippen LogP contribution in [0.2, 0.25) is 0 Å². The van der Waals surface area contributed by atoms with Gasteiger partial charge in [-0.1, -0.05) is 19.3 Å². The fourth-order valence-electron chi connectivity index (χ4n) is 2.50. The van der Waals surface area contributed by atoms with E-state index in [0.717, 1.165) is 12.8 Å². The summed E-state index contributed by atoms with van der Waals surface area (Å²) in [6.07, 6.45) is 3.56. The summed E-state index contributed by atoms with van der Waals surface area (Å²) in [5, 5.41) is 0. The Balaban J connectivity index is 1.87. The maximum Gasteiger partial charge on any atom is 0.145 e. The lowest BCUT2D eigenvalue weighted by atomic mass is 9.94. The van der Waals surface area contributed by atoms with E-state index in [4.69, 9.17) is 0 Å². The Labute approximate surface area is 78.1 Å². The van der Waals surface area contributed by atoms with E-state index in [1.807, 2.05) is 4.90 Å². The summed E-state index contributed by atoms with van der Waals surface area (Å²) in [6.45, 7) is 0.650. The van der Waals surface area contributed by atoms with Gasteiger partial charge in [-0.3, -0.25) is 4.90 Å². The van der Waals surface area contributed by atoms with E-state index in [1.165, 1.54) is 19.3 Å². The van der Waals surface area contributed by atoms with Gasteiger partial charge in [0.25, 0.3) is 0 Å². The van der Waals surface area contributed by atoms with E-state index in [2.05, 4.69) is 0 Å². The van der Waals surface area contributed by atoms with Crippen molar-refractivity contribution < 1.29 is 8.78 Å². The minimum absolute atomic E-state index is 0.325. The molecule has 1 aliphatic heterocycles. The molecule has 2 fully saturated rings. The van der Waals surface area contributed by atoms with Crippen LogP contribution in [-0.4, -0.2) is 36.4 Å². The van der Waals surface area contributed by atoms with E-state index in [0.29, 0.717) is 19.1 Å². The van der Waals surface area contributed by atoms with Crippen LogP contribution in [0.25, 0.3) is 0 Å². The van der Waals surface area contributed by atoms with Crippen molar-refractivity contribution in [1.82, 2.24) is 4.90 Å². The molecule has 0 N–H and O–H groups in total. The second kappa shape index (κ2) is 3.91. The molecule has 0 spiro atoms. The number of halogens is 2. The van der Waals surface area contributed by atoms with E-state index >= 15 is 0 Å². The Morgan fingerprint density at radius 1 is 0.846 bits per heavy atom. The van der Waals surface area contributed by atoms with Crippen molar-refractivity contribution in [3.05, 3.63) is 0 Å². The molecule has 0 bridgehead atoms. The van der Waals surface area contributed by atoms with Crippen LogP contribution in [0.15, 0.2) is 0 Å². The molecule has 76 valence electrons. The van der Waals surface area contributed by atoms with Gasteiger partial charge in [-0.2, -0.15) is 0 Å². The predicted molar refractivity (Wildman–Crippen MR) is 48.2 cm³/mol. The van der Waals surface area contributed by atoms with Crippen LogP contribution in [0.4, 0.5) is 8.78 Å². The van der Waals surface area contributed by atoms with Gasteiger partial charge in [-0.05, 0) is 12.8 Å². The highest BCUT2D eigenvalue weighted by Crippen LogP contribution is 2.27. The van der Waals surface area contributed by atoms with E-state index < -0.39 is 12.3 Å². The fourth-order valence-corrected chi connectivity index (χ4v) is 2.50. The first-order chi connectivity index (χ1) is 6.27. The summed E-state index contributed by atoms with van der Waals surface area (Å²) in [6, 6.07) is 0.466. The van der Waals surface area contributed by atoms with Crippen molar-refractivity contribution in [1.29, 1.82) is 0 Å². The first-order valence-corrected chi connectivity index (χ1v) is 5.29. The SMILES string of the molecule is F[C@@H]1CN(C2CCCCC2)C[C@@H]1F. The average molecular weight is 189 g/mol. The molecule has 2 atom stereocenters. The van der Waals surface area contributed by atoms with Crippen molar-refractivity contribution in [2.24, 2.45) is 0 Å². The Morgan fingerprint density at radius 3 is 1.92 bits per heavy atom. The normalized spacial score (nSPS) is 38.3. The molecular weight excluding hydrogens is 172 g/mol. The van der Waals surface area contributed by atoms with Crippen molar-refractivity contribution >= 4 is 0 Å². The van der Waals surface area contributed by atoms with Gasteiger partial charge in [0, 0.05) is 19.1 Å². The Bertz CT molecular complexity index is 158. The third-order valence-corrected chi connectivity index (χ3v) is 3.30. The molecule has 0 aromatic rings. The standard InChI is InChI=1S/C10H17F2N/c11-9-6-13(7-10(9)12)8-4-2-1-3-5-8/h8-10H,1-7H2/t9-,10+. The maximum atomic E-state index is 12.9. The highest BCUT2D eigenvalue weighted by molar-refractivity contribution is 4.88. The van der Waals surface area contributed by atoms with E-state index in [-0.39, 0.29) is 0 Å². The molecule has 1 saturated carbocycles. The molecule has 0 unspecified atom stereocenters. The first-order valence-electron chi connectivity index (χ1n) is 5.29. The van der Waals surface area contributed by atoms with Crippen LogP contribution in [0.5, 0.6) is 0 Å². The van der Waals surface area contributed by atoms with Gasteiger partial charge >= 0.3 is 0 Å². The molecule has 2 aliphatic rings.